The van der Waals surface area contributed by atoms with Crippen LogP contribution in [0.4, 0.5) is 16.3 Å². The van der Waals surface area contributed by atoms with Crippen LogP contribution < -0.4 is 14.3 Å². The number of ether oxygens (including phenoxy) is 1. The number of alkyl carbamates (subject to hydrolysis) is 1. The number of amides is 2. The Kier molecular flexibility index (Phi) is 7.30. The number of aryl methyl sites for hydroxylation is 2. The first-order chi connectivity index (χ1) is 15.7. The van der Waals surface area contributed by atoms with E-state index in [1.54, 1.807) is 33.8 Å². The van der Waals surface area contributed by atoms with Crippen LogP contribution in [0, 0.1) is 6.92 Å². The van der Waals surface area contributed by atoms with Gasteiger partial charge in [-0.1, -0.05) is 36.5 Å². The molecule has 0 saturated carbocycles. The topological polar surface area (TPSA) is 131 Å². The Morgan fingerprint density at radius 1 is 1.24 bits per heavy atom. The van der Waals surface area contributed by atoms with Gasteiger partial charge in [0.15, 0.2) is 5.82 Å². The molecule has 0 spiro atoms. The zero-order chi connectivity index (χ0) is 25.4. The Morgan fingerprint density at radius 3 is 2.53 bits per heavy atom. The van der Waals surface area contributed by atoms with E-state index in [1.165, 1.54) is 6.07 Å². The summed E-state index contributed by atoms with van der Waals surface area (Å²) >= 11 is 12.1. The molecule has 2 amide bonds. The SMILES string of the molecule is CCCc1nc(CNC(=O)OC(C)(C)C)cc(C)c1N1c2nc(Cl)c(Cl)cc2C(=O)NS1(=O)=O. The summed E-state index contributed by atoms with van der Waals surface area (Å²) in [4.78, 5) is 33.1. The number of rotatable bonds is 5. The molecule has 1 aliphatic heterocycles. The molecule has 13 heteroatoms. The third-order valence-corrected chi connectivity index (χ3v) is 6.58. The van der Waals surface area contributed by atoms with Gasteiger partial charge in [-0.05, 0) is 51.8 Å². The molecule has 3 heterocycles. The van der Waals surface area contributed by atoms with Crippen molar-refractivity contribution in [2.45, 2.75) is 59.6 Å². The van der Waals surface area contributed by atoms with Crippen LogP contribution in [0.25, 0.3) is 0 Å². The first-order valence-corrected chi connectivity index (χ1v) is 12.6. The van der Waals surface area contributed by atoms with E-state index in [-0.39, 0.29) is 33.8 Å². The number of hydrogen-bond acceptors (Lipinski definition) is 7. The van der Waals surface area contributed by atoms with Gasteiger partial charge in [0.25, 0.3) is 5.91 Å². The van der Waals surface area contributed by atoms with E-state index in [2.05, 4.69) is 15.3 Å². The molecule has 0 radical (unpaired) electrons. The fourth-order valence-electron chi connectivity index (χ4n) is 3.40. The summed E-state index contributed by atoms with van der Waals surface area (Å²) in [7, 11) is -4.35. The van der Waals surface area contributed by atoms with E-state index in [9.17, 15) is 18.0 Å². The van der Waals surface area contributed by atoms with Crippen LogP contribution in [0.3, 0.4) is 0 Å². The molecule has 2 aromatic heterocycles. The van der Waals surface area contributed by atoms with Gasteiger partial charge in [0, 0.05) is 0 Å². The molecular weight excluding hydrogens is 505 g/mol. The summed E-state index contributed by atoms with van der Waals surface area (Å²) < 4.78 is 34.3. The summed E-state index contributed by atoms with van der Waals surface area (Å²) in [5.74, 6) is -1.03. The highest BCUT2D eigenvalue weighted by Crippen LogP contribution is 2.39. The second-order valence-electron chi connectivity index (χ2n) is 8.66. The van der Waals surface area contributed by atoms with Gasteiger partial charge in [0.05, 0.1) is 34.2 Å². The van der Waals surface area contributed by atoms with Crippen molar-refractivity contribution < 1.29 is 22.7 Å². The molecular formula is C21H25Cl2N5O5S. The quantitative estimate of drug-likeness (QED) is 0.554. The maximum atomic E-state index is 13.1. The summed E-state index contributed by atoms with van der Waals surface area (Å²) in [5.41, 5.74) is 1.05. The largest absolute Gasteiger partial charge is 0.444 e. The first kappa shape index (κ1) is 26.0. The molecule has 3 rings (SSSR count). The summed E-state index contributed by atoms with van der Waals surface area (Å²) in [6, 6.07) is 2.92. The molecule has 2 N–H and O–H groups in total. The number of nitrogens with zero attached hydrogens (tertiary/aromatic N) is 3. The van der Waals surface area contributed by atoms with Gasteiger partial charge in [0.1, 0.15) is 10.8 Å². The lowest BCUT2D eigenvalue weighted by atomic mass is 10.1. The average molecular weight is 530 g/mol. The Hall–Kier alpha value is -2.63. The van der Waals surface area contributed by atoms with Crippen LogP contribution in [-0.2, 0) is 27.9 Å². The minimum Gasteiger partial charge on any atom is -0.444 e. The molecule has 2 aromatic rings. The number of halogens is 2. The number of anilines is 2. The van der Waals surface area contributed by atoms with Crippen LogP contribution in [0.5, 0.6) is 0 Å². The zero-order valence-electron chi connectivity index (χ0n) is 19.3. The zero-order valence-corrected chi connectivity index (χ0v) is 21.7. The third-order valence-electron chi connectivity index (χ3n) is 4.62. The van der Waals surface area contributed by atoms with Crippen molar-refractivity contribution in [1.82, 2.24) is 20.0 Å². The number of pyridine rings is 2. The Labute approximate surface area is 208 Å². The van der Waals surface area contributed by atoms with Gasteiger partial charge >= 0.3 is 16.3 Å². The van der Waals surface area contributed by atoms with Crippen LogP contribution in [-0.4, -0.2) is 36.0 Å². The van der Waals surface area contributed by atoms with E-state index in [0.717, 1.165) is 4.31 Å². The van der Waals surface area contributed by atoms with E-state index in [0.29, 0.717) is 29.8 Å². The number of aromatic nitrogens is 2. The maximum Gasteiger partial charge on any atom is 0.407 e. The van der Waals surface area contributed by atoms with E-state index in [4.69, 9.17) is 27.9 Å². The van der Waals surface area contributed by atoms with Gasteiger partial charge in [0.2, 0.25) is 0 Å². The monoisotopic (exact) mass is 529 g/mol. The van der Waals surface area contributed by atoms with Crippen molar-refractivity contribution in [3.05, 3.63) is 44.8 Å². The van der Waals surface area contributed by atoms with Gasteiger partial charge in [-0.25, -0.2) is 18.8 Å². The van der Waals surface area contributed by atoms with Crippen molar-refractivity contribution in [3.8, 4) is 0 Å². The lowest BCUT2D eigenvalue weighted by Gasteiger charge is -2.31. The number of hydrogen-bond donors (Lipinski definition) is 2. The molecule has 10 nitrogen and oxygen atoms in total. The van der Waals surface area contributed by atoms with Gasteiger partial charge in [-0.3, -0.25) is 9.78 Å². The van der Waals surface area contributed by atoms with Crippen molar-refractivity contribution in [2.75, 3.05) is 4.31 Å². The van der Waals surface area contributed by atoms with Crippen LogP contribution >= 0.6 is 23.2 Å². The third kappa shape index (κ3) is 5.53. The van der Waals surface area contributed by atoms with Gasteiger partial charge < -0.3 is 10.1 Å². The highest BCUT2D eigenvalue weighted by molar-refractivity contribution is 7.92. The van der Waals surface area contributed by atoms with Crippen molar-refractivity contribution >= 4 is 56.9 Å². The number of carbonyl (C=O) groups excluding carboxylic acids is 2. The van der Waals surface area contributed by atoms with Gasteiger partial charge in [-0.2, -0.15) is 8.42 Å². The molecule has 0 aromatic carbocycles. The molecule has 0 saturated heterocycles. The predicted octanol–water partition coefficient (Wildman–Crippen LogP) is 4.20. The molecule has 0 aliphatic carbocycles. The fourth-order valence-corrected chi connectivity index (χ4v) is 4.98. The van der Waals surface area contributed by atoms with E-state index < -0.39 is 27.8 Å². The minimum atomic E-state index is -4.35. The summed E-state index contributed by atoms with van der Waals surface area (Å²) in [6.07, 6.45) is 0.483. The smallest absolute Gasteiger partial charge is 0.407 e. The van der Waals surface area contributed by atoms with Gasteiger partial charge in [-0.15, -0.1) is 0 Å². The van der Waals surface area contributed by atoms with Crippen molar-refractivity contribution in [2.24, 2.45) is 0 Å². The Balaban J connectivity index is 2.09. The van der Waals surface area contributed by atoms with E-state index in [1.807, 2.05) is 11.6 Å². The minimum absolute atomic E-state index is 0.0157. The maximum absolute atomic E-state index is 13.1. The molecule has 0 fully saturated rings. The van der Waals surface area contributed by atoms with Crippen LogP contribution in [0.15, 0.2) is 12.1 Å². The number of nitrogens with one attached hydrogen (secondary N) is 2. The average Bonchev–Trinajstić information content (AvgIpc) is 2.68. The van der Waals surface area contributed by atoms with Crippen LogP contribution in [0.1, 0.15) is 61.4 Å². The number of fused-ring (bicyclic) bond motifs is 1. The highest BCUT2D eigenvalue weighted by atomic mass is 35.5. The molecule has 0 atom stereocenters. The molecule has 34 heavy (non-hydrogen) atoms. The molecule has 0 bridgehead atoms. The second kappa shape index (κ2) is 9.55. The van der Waals surface area contributed by atoms with Crippen LogP contribution in [0.2, 0.25) is 10.2 Å². The second-order valence-corrected chi connectivity index (χ2v) is 10.9. The fraction of sp³-hybridized carbons (Fsp3) is 0.429. The highest BCUT2D eigenvalue weighted by Gasteiger charge is 2.39. The van der Waals surface area contributed by atoms with Crippen molar-refractivity contribution in [3.63, 3.8) is 0 Å². The van der Waals surface area contributed by atoms with E-state index >= 15 is 0 Å². The molecule has 184 valence electrons. The first-order valence-electron chi connectivity index (χ1n) is 10.4. The summed E-state index contributed by atoms with van der Waals surface area (Å²) in [5, 5.41) is 2.52. The predicted molar refractivity (Wildman–Crippen MR) is 129 cm³/mol. The molecule has 1 aliphatic rings. The van der Waals surface area contributed by atoms with Crippen molar-refractivity contribution in [1.29, 1.82) is 0 Å². The molecule has 0 unspecified atom stereocenters. The summed E-state index contributed by atoms with van der Waals surface area (Å²) in [6.45, 7) is 8.97. The Bertz CT molecular complexity index is 1260. The lowest BCUT2D eigenvalue weighted by Crippen LogP contribution is -2.47. The Morgan fingerprint density at radius 2 is 1.91 bits per heavy atom. The standard InChI is InChI=1S/C21H25Cl2N5O5S/c1-6-7-15-16(11(2)8-12(25-15)10-24-20(30)33-21(3,4)5)28-18-13(9-14(22)17(23)26-18)19(29)27-34(28,31)32/h8-9H,6-7,10H2,1-5H3,(H,24,30)(H,27,29). The number of carbonyl (C=O) groups is 2. The normalized spacial score (nSPS) is 14.9. The lowest BCUT2D eigenvalue weighted by molar-refractivity contribution is 0.0522.